The molecule has 1 heterocycles. The van der Waals surface area contributed by atoms with E-state index in [2.05, 4.69) is 17.0 Å². The minimum atomic E-state index is 0.0885. The number of hydrogen-bond donors (Lipinski definition) is 2. The van der Waals surface area contributed by atoms with Crippen LogP contribution in [0.5, 0.6) is 0 Å². The minimum Gasteiger partial charge on any atom is -0.409 e. The van der Waals surface area contributed by atoms with Gasteiger partial charge in [0.05, 0.1) is 6.04 Å². The van der Waals surface area contributed by atoms with Crippen molar-refractivity contribution in [3.05, 3.63) is 0 Å². The third-order valence-electron chi connectivity index (χ3n) is 3.31. The number of amidine groups is 1. The largest absolute Gasteiger partial charge is 0.409 e. The van der Waals surface area contributed by atoms with E-state index < -0.39 is 0 Å². The van der Waals surface area contributed by atoms with Gasteiger partial charge in [0.1, 0.15) is 0 Å². The lowest BCUT2D eigenvalue weighted by Crippen LogP contribution is -2.51. The molecule has 3 N–H and O–H groups in total. The molecule has 1 aliphatic rings. The molecule has 0 aromatic rings. The summed E-state index contributed by atoms with van der Waals surface area (Å²) in [6.45, 7) is 3.94. The van der Waals surface area contributed by atoms with Crippen molar-refractivity contribution in [3.8, 4) is 0 Å². The fourth-order valence-electron chi connectivity index (χ4n) is 2.32. The first kappa shape index (κ1) is 13.3. The molecule has 0 radical (unpaired) electrons. The Labute approximate surface area is 97.2 Å². The van der Waals surface area contributed by atoms with Crippen LogP contribution >= 0.6 is 0 Å². The molecule has 5 nitrogen and oxygen atoms in total. The van der Waals surface area contributed by atoms with Crippen LogP contribution in [0.3, 0.4) is 0 Å². The maximum absolute atomic E-state index is 8.77. The fourth-order valence-corrected chi connectivity index (χ4v) is 2.32. The van der Waals surface area contributed by atoms with Crippen LogP contribution in [-0.2, 0) is 4.74 Å². The van der Waals surface area contributed by atoms with E-state index in [1.807, 2.05) is 0 Å². The summed E-state index contributed by atoms with van der Waals surface area (Å²) in [4.78, 5) is 2.32. The summed E-state index contributed by atoms with van der Waals surface area (Å²) in [5, 5.41) is 11.9. The topological polar surface area (TPSA) is 71.1 Å². The van der Waals surface area contributed by atoms with Gasteiger partial charge in [0.2, 0.25) is 0 Å². The summed E-state index contributed by atoms with van der Waals surface area (Å²) in [5.41, 5.74) is 5.73. The predicted molar refractivity (Wildman–Crippen MR) is 63.7 cm³/mol. The molecular weight excluding hydrogens is 206 g/mol. The van der Waals surface area contributed by atoms with Crippen molar-refractivity contribution in [1.29, 1.82) is 0 Å². The molecule has 0 aliphatic carbocycles. The average molecular weight is 229 g/mol. The van der Waals surface area contributed by atoms with Crippen molar-refractivity contribution in [3.63, 3.8) is 0 Å². The smallest absolute Gasteiger partial charge is 0.156 e. The number of piperidine rings is 1. The van der Waals surface area contributed by atoms with E-state index in [1.54, 1.807) is 7.11 Å². The minimum absolute atomic E-state index is 0.0885. The molecule has 0 saturated carbocycles. The second kappa shape index (κ2) is 6.70. The molecule has 2 atom stereocenters. The maximum atomic E-state index is 8.77. The van der Waals surface area contributed by atoms with Gasteiger partial charge in [0, 0.05) is 19.8 Å². The van der Waals surface area contributed by atoms with E-state index in [4.69, 9.17) is 15.7 Å². The van der Waals surface area contributed by atoms with Crippen molar-refractivity contribution in [2.75, 3.05) is 20.3 Å². The second-order valence-corrected chi connectivity index (χ2v) is 4.40. The van der Waals surface area contributed by atoms with E-state index in [0.29, 0.717) is 11.9 Å². The third kappa shape index (κ3) is 3.35. The van der Waals surface area contributed by atoms with Crippen LogP contribution in [0.25, 0.3) is 0 Å². The summed E-state index contributed by atoms with van der Waals surface area (Å²) < 4.78 is 5.09. The molecular formula is C11H23N3O2. The van der Waals surface area contributed by atoms with E-state index in [0.717, 1.165) is 32.4 Å². The first-order valence-corrected chi connectivity index (χ1v) is 5.92. The van der Waals surface area contributed by atoms with Gasteiger partial charge in [-0.15, -0.1) is 0 Å². The average Bonchev–Trinajstić information content (AvgIpc) is 2.35. The Hall–Kier alpha value is -0.810. The Morgan fingerprint density at radius 1 is 1.62 bits per heavy atom. The van der Waals surface area contributed by atoms with E-state index in [9.17, 15) is 0 Å². The summed E-state index contributed by atoms with van der Waals surface area (Å²) in [6.07, 6.45) is 4.29. The Kier molecular flexibility index (Phi) is 5.55. The molecule has 0 bridgehead atoms. The summed E-state index contributed by atoms with van der Waals surface area (Å²) in [6, 6.07) is 0.496. The van der Waals surface area contributed by atoms with Gasteiger partial charge in [0.25, 0.3) is 0 Å². The van der Waals surface area contributed by atoms with Gasteiger partial charge in [-0.05, 0) is 32.7 Å². The van der Waals surface area contributed by atoms with Crippen LogP contribution in [-0.4, -0.2) is 48.3 Å². The van der Waals surface area contributed by atoms with Crippen LogP contribution in [0.15, 0.2) is 5.16 Å². The number of nitrogens with two attached hydrogens (primary N) is 1. The molecule has 5 heteroatoms. The lowest BCUT2D eigenvalue weighted by molar-refractivity contribution is 0.102. The third-order valence-corrected chi connectivity index (χ3v) is 3.31. The quantitative estimate of drug-likeness (QED) is 0.319. The standard InChI is InChI=1S/C11H23N3O2/c1-9(6-8-16-2)14-7-4-3-5-10(14)11(12)13-15/h9-10,15H,3-8H2,1-2H3,(H2,12,13). The number of oxime groups is 1. The summed E-state index contributed by atoms with van der Waals surface area (Å²) >= 11 is 0. The van der Waals surface area contributed by atoms with Crippen molar-refractivity contribution < 1.29 is 9.94 Å². The van der Waals surface area contributed by atoms with Gasteiger partial charge in [0.15, 0.2) is 5.84 Å². The number of nitrogens with zero attached hydrogens (tertiary/aromatic N) is 2. The van der Waals surface area contributed by atoms with Crippen molar-refractivity contribution in [2.45, 2.75) is 44.7 Å². The highest BCUT2D eigenvalue weighted by Crippen LogP contribution is 2.21. The van der Waals surface area contributed by atoms with E-state index >= 15 is 0 Å². The number of likely N-dealkylation sites (tertiary alicyclic amines) is 1. The Morgan fingerprint density at radius 2 is 2.38 bits per heavy atom. The van der Waals surface area contributed by atoms with E-state index in [1.165, 1.54) is 6.42 Å². The second-order valence-electron chi connectivity index (χ2n) is 4.40. The number of rotatable bonds is 5. The van der Waals surface area contributed by atoms with Crippen LogP contribution in [0.1, 0.15) is 32.6 Å². The highest BCUT2D eigenvalue weighted by molar-refractivity contribution is 5.85. The van der Waals surface area contributed by atoms with Gasteiger partial charge in [-0.1, -0.05) is 11.6 Å². The lowest BCUT2D eigenvalue weighted by atomic mass is 9.98. The van der Waals surface area contributed by atoms with Gasteiger partial charge in [-0.25, -0.2) is 0 Å². The zero-order chi connectivity index (χ0) is 12.0. The van der Waals surface area contributed by atoms with Gasteiger partial charge < -0.3 is 15.7 Å². The molecule has 0 aromatic heterocycles. The Bertz CT molecular complexity index is 233. The molecule has 0 aromatic carbocycles. The monoisotopic (exact) mass is 229 g/mol. The maximum Gasteiger partial charge on any atom is 0.156 e. The van der Waals surface area contributed by atoms with Crippen LogP contribution < -0.4 is 5.73 Å². The first-order chi connectivity index (χ1) is 7.70. The zero-order valence-electron chi connectivity index (χ0n) is 10.2. The molecule has 1 rings (SSSR count). The van der Waals surface area contributed by atoms with Crippen molar-refractivity contribution >= 4 is 5.84 Å². The van der Waals surface area contributed by atoms with Gasteiger partial charge >= 0.3 is 0 Å². The van der Waals surface area contributed by atoms with Crippen LogP contribution in [0.2, 0.25) is 0 Å². The van der Waals surface area contributed by atoms with Crippen LogP contribution in [0.4, 0.5) is 0 Å². The lowest BCUT2D eigenvalue weighted by Gasteiger charge is -2.39. The zero-order valence-corrected chi connectivity index (χ0v) is 10.2. The van der Waals surface area contributed by atoms with Crippen LogP contribution in [0, 0.1) is 0 Å². The molecule has 1 aliphatic heterocycles. The van der Waals surface area contributed by atoms with Crippen molar-refractivity contribution in [1.82, 2.24) is 4.90 Å². The molecule has 16 heavy (non-hydrogen) atoms. The SMILES string of the molecule is COCCC(C)N1CCCCC1C(N)=NO. The number of methoxy groups -OCH3 is 1. The van der Waals surface area contributed by atoms with E-state index in [-0.39, 0.29) is 6.04 Å². The number of hydrogen-bond acceptors (Lipinski definition) is 4. The number of ether oxygens (including phenoxy) is 1. The predicted octanol–water partition coefficient (Wildman–Crippen LogP) is 1.01. The summed E-state index contributed by atoms with van der Waals surface area (Å²) in [5.74, 6) is 0.337. The van der Waals surface area contributed by atoms with Crippen molar-refractivity contribution in [2.24, 2.45) is 10.9 Å². The molecule has 0 spiro atoms. The summed E-state index contributed by atoms with van der Waals surface area (Å²) in [7, 11) is 1.71. The highest BCUT2D eigenvalue weighted by Gasteiger charge is 2.29. The molecule has 0 amide bonds. The van der Waals surface area contributed by atoms with Gasteiger partial charge in [-0.2, -0.15) is 0 Å². The molecule has 94 valence electrons. The van der Waals surface area contributed by atoms with Gasteiger partial charge in [-0.3, -0.25) is 4.90 Å². The molecule has 2 unspecified atom stereocenters. The molecule has 1 fully saturated rings. The Morgan fingerprint density at radius 3 is 3.00 bits per heavy atom. The fraction of sp³-hybridized carbons (Fsp3) is 0.909. The normalized spacial score (nSPS) is 25.6. The first-order valence-electron chi connectivity index (χ1n) is 5.92. The highest BCUT2D eigenvalue weighted by atomic mass is 16.5. The Balaban J connectivity index is 2.59. The molecule has 1 saturated heterocycles.